The van der Waals surface area contributed by atoms with Gasteiger partial charge in [0.1, 0.15) is 5.82 Å². The monoisotopic (exact) mass is 346 g/mol. The van der Waals surface area contributed by atoms with Crippen molar-refractivity contribution in [2.24, 2.45) is 0 Å². The molecule has 0 saturated heterocycles. The molecule has 1 aromatic carbocycles. The lowest BCUT2D eigenvalue weighted by Gasteiger charge is -2.17. The second-order valence-corrected chi connectivity index (χ2v) is 6.07. The molecule has 0 aliphatic carbocycles. The summed E-state index contributed by atoms with van der Waals surface area (Å²) in [5.74, 6) is 0.359. The maximum absolute atomic E-state index is 12.4. The summed E-state index contributed by atoms with van der Waals surface area (Å²) in [5.41, 5.74) is 3.47. The summed E-state index contributed by atoms with van der Waals surface area (Å²) in [6, 6.07) is 16.9. The van der Waals surface area contributed by atoms with Crippen molar-refractivity contribution in [1.82, 2.24) is 9.97 Å². The van der Waals surface area contributed by atoms with E-state index in [0.29, 0.717) is 11.4 Å². The zero-order valence-corrected chi connectivity index (χ0v) is 15.0. The van der Waals surface area contributed by atoms with E-state index in [9.17, 15) is 4.79 Å². The number of nitrogens with zero attached hydrogens (tertiary/aromatic N) is 3. The van der Waals surface area contributed by atoms with Crippen LogP contribution < -0.4 is 10.2 Å². The number of aromatic nitrogens is 2. The zero-order valence-electron chi connectivity index (χ0n) is 15.0. The number of benzene rings is 1. The molecule has 0 aliphatic heterocycles. The van der Waals surface area contributed by atoms with Gasteiger partial charge in [-0.1, -0.05) is 25.1 Å². The Morgan fingerprint density at radius 1 is 1.04 bits per heavy atom. The van der Waals surface area contributed by atoms with Crippen LogP contribution in [0.1, 0.15) is 23.7 Å². The van der Waals surface area contributed by atoms with Gasteiger partial charge in [-0.15, -0.1) is 0 Å². The molecule has 132 valence electrons. The molecule has 0 unspecified atom stereocenters. The lowest BCUT2D eigenvalue weighted by atomic mass is 10.1. The van der Waals surface area contributed by atoms with Crippen molar-refractivity contribution in [2.75, 3.05) is 23.8 Å². The Kier molecular flexibility index (Phi) is 5.59. The minimum absolute atomic E-state index is 0.181. The van der Waals surface area contributed by atoms with Gasteiger partial charge in [-0.2, -0.15) is 0 Å². The van der Waals surface area contributed by atoms with Crippen molar-refractivity contribution in [3.05, 3.63) is 72.6 Å². The summed E-state index contributed by atoms with van der Waals surface area (Å²) in [5, 5.41) is 2.83. The van der Waals surface area contributed by atoms with E-state index in [0.717, 1.165) is 29.9 Å². The van der Waals surface area contributed by atoms with E-state index >= 15 is 0 Å². The maximum atomic E-state index is 12.4. The minimum atomic E-state index is -0.181. The van der Waals surface area contributed by atoms with E-state index < -0.39 is 0 Å². The highest BCUT2D eigenvalue weighted by atomic mass is 16.1. The Hall–Kier alpha value is -3.21. The van der Waals surface area contributed by atoms with Gasteiger partial charge in [0.2, 0.25) is 0 Å². The number of nitrogens with one attached hydrogen (secondary N) is 1. The third kappa shape index (κ3) is 4.25. The van der Waals surface area contributed by atoms with Crippen LogP contribution in [0.15, 0.2) is 67.0 Å². The van der Waals surface area contributed by atoms with Crippen LogP contribution in [0.2, 0.25) is 0 Å². The van der Waals surface area contributed by atoms with E-state index in [-0.39, 0.29) is 5.91 Å². The summed E-state index contributed by atoms with van der Waals surface area (Å²) in [6.07, 6.45) is 4.60. The predicted octanol–water partition coefficient (Wildman–Crippen LogP) is 4.24. The third-order valence-corrected chi connectivity index (χ3v) is 4.10. The molecule has 3 rings (SSSR count). The van der Waals surface area contributed by atoms with E-state index in [4.69, 9.17) is 0 Å². The molecule has 0 radical (unpaired) electrons. The van der Waals surface area contributed by atoms with Gasteiger partial charge >= 0.3 is 0 Å². The molecule has 5 heteroatoms. The number of hydrogen-bond donors (Lipinski definition) is 1. The number of hydrogen-bond acceptors (Lipinski definition) is 4. The highest BCUT2D eigenvalue weighted by Crippen LogP contribution is 2.18. The quantitative estimate of drug-likeness (QED) is 0.725. The molecule has 0 aliphatic rings. The Labute approximate surface area is 153 Å². The van der Waals surface area contributed by atoms with Gasteiger partial charge in [0.05, 0.1) is 17.6 Å². The molecule has 1 N–H and O–H groups in total. The topological polar surface area (TPSA) is 58.1 Å². The lowest BCUT2D eigenvalue weighted by Crippen LogP contribution is -2.18. The highest BCUT2D eigenvalue weighted by molar-refractivity contribution is 6.04. The van der Waals surface area contributed by atoms with Gasteiger partial charge in [0, 0.05) is 30.9 Å². The van der Waals surface area contributed by atoms with Crippen LogP contribution in [0.25, 0.3) is 11.3 Å². The van der Waals surface area contributed by atoms with Crippen LogP contribution in [-0.4, -0.2) is 29.5 Å². The van der Waals surface area contributed by atoms with Gasteiger partial charge in [0.25, 0.3) is 5.91 Å². The zero-order chi connectivity index (χ0) is 18.4. The number of anilines is 2. The number of carbonyl (C=O) groups excluding carboxylic acids is 1. The molecule has 2 aromatic heterocycles. The molecule has 0 saturated carbocycles. The fraction of sp³-hybridized carbons (Fsp3) is 0.190. The van der Waals surface area contributed by atoms with Crippen LogP contribution >= 0.6 is 0 Å². The van der Waals surface area contributed by atoms with E-state index in [2.05, 4.69) is 27.1 Å². The average molecular weight is 346 g/mol. The van der Waals surface area contributed by atoms with Crippen molar-refractivity contribution >= 4 is 17.4 Å². The molecule has 1 amide bonds. The number of amides is 1. The van der Waals surface area contributed by atoms with Crippen LogP contribution in [0.3, 0.4) is 0 Å². The van der Waals surface area contributed by atoms with Crippen molar-refractivity contribution in [1.29, 1.82) is 0 Å². The highest BCUT2D eigenvalue weighted by Gasteiger charge is 2.08. The van der Waals surface area contributed by atoms with Gasteiger partial charge in [0.15, 0.2) is 0 Å². The fourth-order valence-electron chi connectivity index (χ4n) is 2.66. The summed E-state index contributed by atoms with van der Waals surface area (Å²) in [4.78, 5) is 23.2. The number of pyridine rings is 2. The Bertz CT molecular complexity index is 845. The Morgan fingerprint density at radius 2 is 1.85 bits per heavy atom. The van der Waals surface area contributed by atoms with Crippen LogP contribution in [-0.2, 0) is 0 Å². The maximum Gasteiger partial charge on any atom is 0.256 e. The standard InChI is InChI=1S/C21H22N4O/c1-3-14-25(2)18-11-12-20(23-15-18)24-21(26)17-9-7-16(8-10-17)19-6-4-5-13-22-19/h4-13,15H,3,14H2,1-2H3,(H,23,24,26). The van der Waals surface area contributed by atoms with Crippen molar-refractivity contribution in [3.8, 4) is 11.3 Å². The average Bonchev–Trinajstić information content (AvgIpc) is 2.69. The summed E-state index contributed by atoms with van der Waals surface area (Å²) < 4.78 is 0. The summed E-state index contributed by atoms with van der Waals surface area (Å²) in [6.45, 7) is 3.10. The minimum Gasteiger partial charge on any atom is -0.373 e. The molecule has 0 atom stereocenters. The summed E-state index contributed by atoms with van der Waals surface area (Å²) in [7, 11) is 2.03. The van der Waals surface area contributed by atoms with Gasteiger partial charge in [-0.25, -0.2) is 4.98 Å². The van der Waals surface area contributed by atoms with Gasteiger partial charge in [-0.3, -0.25) is 9.78 Å². The molecule has 0 fully saturated rings. The predicted molar refractivity (Wildman–Crippen MR) is 105 cm³/mol. The van der Waals surface area contributed by atoms with Crippen molar-refractivity contribution < 1.29 is 4.79 Å². The van der Waals surface area contributed by atoms with Crippen LogP contribution in [0, 0.1) is 0 Å². The van der Waals surface area contributed by atoms with Gasteiger partial charge < -0.3 is 10.2 Å². The number of rotatable bonds is 6. The molecular weight excluding hydrogens is 324 g/mol. The van der Waals surface area contributed by atoms with Crippen LogP contribution in [0.5, 0.6) is 0 Å². The molecule has 5 nitrogen and oxygen atoms in total. The normalized spacial score (nSPS) is 10.4. The first-order chi connectivity index (χ1) is 12.7. The fourth-order valence-corrected chi connectivity index (χ4v) is 2.66. The number of carbonyl (C=O) groups is 1. The van der Waals surface area contributed by atoms with Gasteiger partial charge in [-0.05, 0) is 42.8 Å². The molecule has 0 bridgehead atoms. The van der Waals surface area contributed by atoms with E-state index in [1.165, 1.54) is 0 Å². The molecule has 2 heterocycles. The Morgan fingerprint density at radius 3 is 2.46 bits per heavy atom. The van der Waals surface area contributed by atoms with E-state index in [1.807, 2.05) is 49.5 Å². The van der Waals surface area contributed by atoms with Crippen molar-refractivity contribution in [2.45, 2.75) is 13.3 Å². The smallest absolute Gasteiger partial charge is 0.256 e. The first-order valence-electron chi connectivity index (χ1n) is 8.67. The Balaban J connectivity index is 1.66. The van der Waals surface area contributed by atoms with Crippen molar-refractivity contribution in [3.63, 3.8) is 0 Å². The van der Waals surface area contributed by atoms with Crippen LogP contribution in [0.4, 0.5) is 11.5 Å². The molecule has 0 spiro atoms. The third-order valence-electron chi connectivity index (χ3n) is 4.10. The molecule has 3 aromatic rings. The lowest BCUT2D eigenvalue weighted by molar-refractivity contribution is 0.102. The van der Waals surface area contributed by atoms with E-state index in [1.54, 1.807) is 24.5 Å². The first kappa shape index (κ1) is 17.6. The summed E-state index contributed by atoms with van der Waals surface area (Å²) >= 11 is 0. The first-order valence-corrected chi connectivity index (χ1v) is 8.67. The SMILES string of the molecule is CCCN(C)c1ccc(NC(=O)c2ccc(-c3ccccn3)cc2)nc1. The molecule has 26 heavy (non-hydrogen) atoms. The molecular formula is C21H22N4O. The largest absolute Gasteiger partial charge is 0.373 e. The second-order valence-electron chi connectivity index (χ2n) is 6.07. The second kappa shape index (κ2) is 8.25.